The highest BCUT2D eigenvalue weighted by atomic mass is 32.1. The lowest BCUT2D eigenvalue weighted by Gasteiger charge is -2.31. The Hall–Kier alpha value is -2.10. The third-order valence-corrected chi connectivity index (χ3v) is 4.61. The van der Waals surface area contributed by atoms with E-state index in [1.54, 1.807) is 16.2 Å². The first-order chi connectivity index (χ1) is 11.4. The second-order valence-electron chi connectivity index (χ2n) is 5.47. The summed E-state index contributed by atoms with van der Waals surface area (Å²) in [6.07, 6.45) is -3.38. The van der Waals surface area contributed by atoms with Crippen LogP contribution in [0.25, 0.3) is 0 Å². The Bertz CT molecular complexity index is 687. The van der Waals surface area contributed by atoms with Crippen molar-refractivity contribution < 1.29 is 22.4 Å². The van der Waals surface area contributed by atoms with Gasteiger partial charge in [-0.1, -0.05) is 6.07 Å². The number of carbonyl (C=O) groups excluding carboxylic acids is 1. The van der Waals surface area contributed by atoms with Crippen LogP contribution in [-0.4, -0.2) is 34.2 Å². The average Bonchev–Trinajstić information content (AvgIpc) is 3.23. The number of alkyl halides is 3. The van der Waals surface area contributed by atoms with E-state index < -0.39 is 12.1 Å². The lowest BCUT2D eigenvalue weighted by Crippen LogP contribution is -2.44. The highest BCUT2D eigenvalue weighted by Crippen LogP contribution is 2.32. The van der Waals surface area contributed by atoms with Crippen molar-refractivity contribution in [3.05, 3.63) is 34.2 Å². The Morgan fingerprint density at radius 3 is 2.96 bits per heavy atom. The summed E-state index contributed by atoms with van der Waals surface area (Å²) >= 11 is 1.54. The minimum atomic E-state index is -4.66. The fourth-order valence-electron chi connectivity index (χ4n) is 2.56. The molecule has 0 radical (unpaired) electrons. The second kappa shape index (κ2) is 6.80. The van der Waals surface area contributed by atoms with E-state index >= 15 is 0 Å². The molecule has 3 rings (SSSR count). The van der Waals surface area contributed by atoms with Crippen LogP contribution in [0, 0.1) is 0 Å². The van der Waals surface area contributed by atoms with Crippen molar-refractivity contribution in [3.8, 4) is 0 Å². The number of hydrogen-bond donors (Lipinski definition) is 1. The smallest absolute Gasteiger partial charge is 0.417 e. The number of thiophene rings is 1. The number of halogens is 3. The molecule has 0 spiro atoms. The lowest BCUT2D eigenvalue weighted by molar-refractivity contribution is -0.157. The first-order valence-electron chi connectivity index (χ1n) is 7.39. The Balaban J connectivity index is 1.59. The zero-order valence-electron chi connectivity index (χ0n) is 12.5. The van der Waals surface area contributed by atoms with Crippen LogP contribution in [0.4, 0.5) is 18.0 Å². The molecular formula is C14H15F3N4O2S. The summed E-state index contributed by atoms with van der Waals surface area (Å²) < 4.78 is 42.3. The molecule has 0 aliphatic carbocycles. The van der Waals surface area contributed by atoms with E-state index in [1.807, 2.05) is 17.5 Å². The number of piperidine rings is 1. The first-order valence-corrected chi connectivity index (χ1v) is 8.27. The van der Waals surface area contributed by atoms with Crippen molar-refractivity contribution in [2.24, 2.45) is 0 Å². The van der Waals surface area contributed by atoms with Gasteiger partial charge in [-0.25, -0.2) is 4.79 Å². The van der Waals surface area contributed by atoms with Crippen LogP contribution in [0.5, 0.6) is 0 Å². The van der Waals surface area contributed by atoms with E-state index in [-0.39, 0.29) is 24.4 Å². The van der Waals surface area contributed by atoms with Crippen LogP contribution in [0.3, 0.4) is 0 Å². The third-order valence-electron chi connectivity index (χ3n) is 3.73. The summed E-state index contributed by atoms with van der Waals surface area (Å²) in [6.45, 7) is 1.24. The van der Waals surface area contributed by atoms with Gasteiger partial charge in [0, 0.05) is 18.0 Å². The molecule has 6 nitrogen and oxygen atoms in total. The predicted octanol–water partition coefficient (Wildman–Crippen LogP) is 3.24. The molecule has 130 valence electrons. The summed E-state index contributed by atoms with van der Waals surface area (Å²) in [5, 5.41) is 11.3. The summed E-state index contributed by atoms with van der Waals surface area (Å²) in [7, 11) is 0. The van der Waals surface area contributed by atoms with Gasteiger partial charge in [0.05, 0.1) is 12.5 Å². The fraction of sp³-hybridized carbons (Fsp3) is 0.500. The van der Waals surface area contributed by atoms with Crippen LogP contribution in [0.2, 0.25) is 0 Å². The van der Waals surface area contributed by atoms with Crippen LogP contribution in [0.1, 0.15) is 35.4 Å². The summed E-state index contributed by atoms with van der Waals surface area (Å²) in [6, 6.07) is 3.57. The highest BCUT2D eigenvalue weighted by Gasteiger charge is 2.39. The fourth-order valence-corrected chi connectivity index (χ4v) is 3.21. The molecule has 0 bridgehead atoms. The molecule has 1 N–H and O–H groups in total. The number of nitrogens with zero attached hydrogens (tertiary/aromatic N) is 3. The molecule has 1 aliphatic rings. The van der Waals surface area contributed by atoms with Gasteiger partial charge < -0.3 is 14.6 Å². The van der Waals surface area contributed by atoms with Gasteiger partial charge in [0.15, 0.2) is 0 Å². The van der Waals surface area contributed by atoms with Gasteiger partial charge in [0.25, 0.3) is 0 Å². The number of amides is 2. The minimum Gasteiger partial charge on any atom is -0.417 e. The van der Waals surface area contributed by atoms with Crippen LogP contribution < -0.4 is 5.32 Å². The molecule has 0 unspecified atom stereocenters. The maximum absolute atomic E-state index is 12.5. The quantitative estimate of drug-likeness (QED) is 0.912. The van der Waals surface area contributed by atoms with Crippen molar-refractivity contribution in [3.63, 3.8) is 0 Å². The molecule has 2 amide bonds. The maximum atomic E-state index is 12.5. The number of carbonyl (C=O) groups is 1. The van der Waals surface area contributed by atoms with Crippen molar-refractivity contribution in [2.75, 3.05) is 13.1 Å². The van der Waals surface area contributed by atoms with E-state index in [1.165, 1.54) is 0 Å². The topological polar surface area (TPSA) is 71.3 Å². The number of urea groups is 1. The molecule has 2 aromatic heterocycles. The van der Waals surface area contributed by atoms with Gasteiger partial charge in [-0.3, -0.25) is 0 Å². The Morgan fingerprint density at radius 1 is 1.46 bits per heavy atom. The van der Waals surface area contributed by atoms with Crippen molar-refractivity contribution in [2.45, 2.75) is 31.5 Å². The first kappa shape index (κ1) is 16.7. The molecule has 24 heavy (non-hydrogen) atoms. The minimum absolute atomic E-state index is 0.0712. The molecule has 1 fully saturated rings. The molecule has 1 aliphatic heterocycles. The van der Waals surface area contributed by atoms with E-state index in [0.29, 0.717) is 25.9 Å². The zero-order valence-corrected chi connectivity index (χ0v) is 13.4. The third kappa shape index (κ3) is 3.86. The monoisotopic (exact) mass is 360 g/mol. The van der Waals surface area contributed by atoms with Crippen LogP contribution in [-0.2, 0) is 12.7 Å². The molecule has 10 heteroatoms. The largest absolute Gasteiger partial charge is 0.470 e. The molecule has 1 atom stereocenters. The number of aromatic nitrogens is 2. The van der Waals surface area contributed by atoms with E-state index in [0.717, 1.165) is 4.88 Å². The number of likely N-dealkylation sites (tertiary alicyclic amines) is 1. The Morgan fingerprint density at radius 2 is 2.29 bits per heavy atom. The van der Waals surface area contributed by atoms with Crippen LogP contribution >= 0.6 is 11.3 Å². The molecular weight excluding hydrogens is 345 g/mol. The Labute approximate surface area is 139 Å². The number of hydrogen-bond acceptors (Lipinski definition) is 5. The molecule has 2 aromatic rings. The van der Waals surface area contributed by atoms with Crippen molar-refractivity contribution in [1.29, 1.82) is 0 Å². The number of rotatable bonds is 3. The van der Waals surface area contributed by atoms with E-state index in [9.17, 15) is 18.0 Å². The van der Waals surface area contributed by atoms with Gasteiger partial charge in [-0.05, 0) is 24.3 Å². The molecule has 0 saturated carbocycles. The molecule has 3 heterocycles. The SMILES string of the molecule is O=C(NCc1cccs1)N1CCC[C@@H](c2nnc(C(F)(F)F)o2)C1. The van der Waals surface area contributed by atoms with Gasteiger partial charge >= 0.3 is 18.1 Å². The molecule has 0 aromatic carbocycles. The summed E-state index contributed by atoms with van der Waals surface area (Å²) in [5.41, 5.74) is 0. The van der Waals surface area contributed by atoms with Gasteiger partial charge in [0.1, 0.15) is 0 Å². The average molecular weight is 360 g/mol. The van der Waals surface area contributed by atoms with E-state index in [2.05, 4.69) is 15.5 Å². The zero-order chi connectivity index (χ0) is 17.2. The van der Waals surface area contributed by atoms with Crippen molar-refractivity contribution >= 4 is 17.4 Å². The summed E-state index contributed by atoms with van der Waals surface area (Å²) in [4.78, 5) is 14.8. The van der Waals surface area contributed by atoms with E-state index in [4.69, 9.17) is 4.42 Å². The Kier molecular flexibility index (Phi) is 4.74. The van der Waals surface area contributed by atoms with Gasteiger partial charge in [-0.2, -0.15) is 13.2 Å². The highest BCUT2D eigenvalue weighted by molar-refractivity contribution is 7.09. The normalized spacial score (nSPS) is 18.6. The van der Waals surface area contributed by atoms with Gasteiger partial charge in [-0.15, -0.1) is 21.5 Å². The van der Waals surface area contributed by atoms with Crippen molar-refractivity contribution in [1.82, 2.24) is 20.4 Å². The maximum Gasteiger partial charge on any atom is 0.470 e. The second-order valence-corrected chi connectivity index (χ2v) is 6.50. The van der Waals surface area contributed by atoms with Gasteiger partial charge in [0.2, 0.25) is 5.89 Å². The van der Waals surface area contributed by atoms with Crippen LogP contribution in [0.15, 0.2) is 21.9 Å². The number of nitrogens with one attached hydrogen (secondary N) is 1. The molecule has 1 saturated heterocycles. The summed E-state index contributed by atoms with van der Waals surface area (Å²) in [5.74, 6) is -1.80. The lowest BCUT2D eigenvalue weighted by atomic mass is 9.98. The predicted molar refractivity (Wildman–Crippen MR) is 79.4 cm³/mol. The standard InChI is InChI=1S/C14H15F3N4O2S/c15-14(16,17)12-20-19-11(23-12)9-3-1-5-21(8-9)13(22)18-7-10-4-2-6-24-10/h2,4,6,9H,1,3,5,7-8H2,(H,18,22)/t9-/m1/s1.